The number of alkyl halides is 2. The van der Waals surface area contributed by atoms with Crippen LogP contribution in [0.1, 0.15) is 6.42 Å². The van der Waals surface area contributed by atoms with E-state index in [1.807, 2.05) is 5.32 Å². The average molecular weight is 189 g/mol. The average Bonchev–Trinajstić information content (AvgIpc) is 1.85. The Bertz CT molecular complexity index is 113. The molecule has 0 heterocycles. The molecule has 0 aliphatic carbocycles. The molecule has 0 bridgehead atoms. The number of amides is 1. The molecule has 3 N–H and O–H groups in total. The van der Waals surface area contributed by atoms with E-state index in [1.165, 1.54) is 0 Å². The van der Waals surface area contributed by atoms with Crippen molar-refractivity contribution in [3.63, 3.8) is 0 Å². The van der Waals surface area contributed by atoms with Crippen LogP contribution in [0.2, 0.25) is 0 Å². The molecule has 0 radical (unpaired) electrons. The second kappa shape index (κ2) is 7.68. The molecule has 0 unspecified atom stereocenters. The van der Waals surface area contributed by atoms with Gasteiger partial charge in [0.25, 0.3) is 6.43 Å². The van der Waals surface area contributed by atoms with Gasteiger partial charge >= 0.3 is 0 Å². The normalized spacial score (nSPS) is 9.09. The van der Waals surface area contributed by atoms with Crippen molar-refractivity contribution in [3.8, 4) is 0 Å². The highest BCUT2D eigenvalue weighted by molar-refractivity contribution is 5.85. The van der Waals surface area contributed by atoms with Gasteiger partial charge in [-0.2, -0.15) is 0 Å². The van der Waals surface area contributed by atoms with Gasteiger partial charge in [0.2, 0.25) is 5.91 Å². The lowest BCUT2D eigenvalue weighted by atomic mass is 10.4. The van der Waals surface area contributed by atoms with Crippen LogP contribution in [-0.2, 0) is 4.79 Å². The number of rotatable bonds is 4. The van der Waals surface area contributed by atoms with Gasteiger partial charge in [0.15, 0.2) is 0 Å². The van der Waals surface area contributed by atoms with Crippen LogP contribution in [0.5, 0.6) is 0 Å². The van der Waals surface area contributed by atoms with E-state index in [0.29, 0.717) is 0 Å². The molecule has 6 heteroatoms. The van der Waals surface area contributed by atoms with Crippen LogP contribution >= 0.6 is 12.4 Å². The van der Waals surface area contributed by atoms with Crippen LogP contribution in [0.15, 0.2) is 0 Å². The second-order valence-electron chi connectivity index (χ2n) is 1.73. The fourth-order valence-electron chi connectivity index (χ4n) is 0.410. The Kier molecular flexibility index (Phi) is 9.21. The van der Waals surface area contributed by atoms with Gasteiger partial charge in [-0.3, -0.25) is 4.79 Å². The van der Waals surface area contributed by atoms with Crippen molar-refractivity contribution in [1.29, 1.82) is 0 Å². The van der Waals surface area contributed by atoms with Crippen molar-refractivity contribution in [2.45, 2.75) is 12.8 Å². The van der Waals surface area contributed by atoms with Crippen LogP contribution < -0.4 is 11.1 Å². The third-order valence-electron chi connectivity index (χ3n) is 0.825. The molecule has 0 aliphatic rings. The first kappa shape index (κ1) is 13.2. The number of nitrogens with one attached hydrogen (secondary N) is 1. The summed E-state index contributed by atoms with van der Waals surface area (Å²) in [4.78, 5) is 10.4. The molecule has 0 aromatic carbocycles. The Hall–Kier alpha value is -0.420. The van der Waals surface area contributed by atoms with E-state index >= 15 is 0 Å². The lowest BCUT2D eigenvalue weighted by Gasteiger charge is -2.01. The SMILES string of the molecule is Cl.NCCC(=O)NCC(F)F. The van der Waals surface area contributed by atoms with Crippen LogP contribution in [0.3, 0.4) is 0 Å². The molecule has 3 nitrogen and oxygen atoms in total. The van der Waals surface area contributed by atoms with Gasteiger partial charge in [-0.1, -0.05) is 0 Å². The Morgan fingerprint density at radius 3 is 2.45 bits per heavy atom. The molecule has 11 heavy (non-hydrogen) atoms. The molecule has 0 saturated heterocycles. The van der Waals surface area contributed by atoms with Crippen molar-refractivity contribution in [1.82, 2.24) is 5.32 Å². The molecule has 68 valence electrons. The Morgan fingerprint density at radius 2 is 2.09 bits per heavy atom. The summed E-state index contributed by atoms with van der Waals surface area (Å²) in [5.74, 6) is -0.428. The first-order valence-corrected chi connectivity index (χ1v) is 2.91. The summed E-state index contributed by atoms with van der Waals surface area (Å²) in [5, 5.41) is 2.01. The van der Waals surface area contributed by atoms with Crippen molar-refractivity contribution >= 4 is 18.3 Å². The van der Waals surface area contributed by atoms with Gasteiger partial charge in [-0.05, 0) is 0 Å². The fourth-order valence-corrected chi connectivity index (χ4v) is 0.410. The number of nitrogens with two attached hydrogens (primary N) is 1. The van der Waals surface area contributed by atoms with Crippen molar-refractivity contribution in [3.05, 3.63) is 0 Å². The molecule has 0 saturated carbocycles. The van der Waals surface area contributed by atoms with Crippen molar-refractivity contribution in [2.75, 3.05) is 13.1 Å². The molecular formula is C5H11ClF2N2O. The quantitative estimate of drug-likeness (QED) is 0.660. The highest BCUT2D eigenvalue weighted by Crippen LogP contribution is 1.87. The standard InChI is InChI=1S/C5H10F2N2O.ClH/c6-4(7)3-9-5(10)1-2-8;/h4H,1-3,8H2,(H,9,10);1H. The van der Waals surface area contributed by atoms with E-state index in [0.717, 1.165) is 0 Å². The summed E-state index contributed by atoms with van der Waals surface area (Å²) in [7, 11) is 0. The number of carbonyl (C=O) groups excluding carboxylic acids is 1. The van der Waals surface area contributed by atoms with E-state index in [4.69, 9.17) is 5.73 Å². The highest BCUT2D eigenvalue weighted by atomic mass is 35.5. The first-order chi connectivity index (χ1) is 4.66. The largest absolute Gasteiger partial charge is 0.350 e. The van der Waals surface area contributed by atoms with Crippen LogP contribution in [0, 0.1) is 0 Å². The number of halogens is 3. The van der Waals surface area contributed by atoms with Gasteiger partial charge in [-0.25, -0.2) is 8.78 Å². The summed E-state index contributed by atoms with van der Waals surface area (Å²) in [6, 6.07) is 0. The van der Waals surface area contributed by atoms with E-state index in [-0.39, 0.29) is 25.4 Å². The monoisotopic (exact) mass is 188 g/mol. The maximum Gasteiger partial charge on any atom is 0.255 e. The lowest BCUT2D eigenvalue weighted by Crippen LogP contribution is -2.29. The summed E-state index contributed by atoms with van der Waals surface area (Å²) in [6.45, 7) is -0.395. The summed E-state index contributed by atoms with van der Waals surface area (Å²) < 4.78 is 22.8. The molecule has 0 spiro atoms. The molecule has 0 atom stereocenters. The van der Waals surface area contributed by atoms with Gasteiger partial charge in [0.1, 0.15) is 0 Å². The summed E-state index contributed by atoms with van der Waals surface area (Å²) in [5.41, 5.74) is 4.99. The summed E-state index contributed by atoms with van der Waals surface area (Å²) in [6.07, 6.45) is -2.38. The molecule has 0 aliphatic heterocycles. The van der Waals surface area contributed by atoms with Crippen LogP contribution in [-0.4, -0.2) is 25.4 Å². The predicted octanol–water partition coefficient (Wildman–Crippen LogP) is 0.138. The van der Waals surface area contributed by atoms with Crippen molar-refractivity contribution in [2.24, 2.45) is 5.73 Å². The van der Waals surface area contributed by atoms with E-state index in [2.05, 4.69) is 0 Å². The van der Waals surface area contributed by atoms with Crippen LogP contribution in [0.25, 0.3) is 0 Å². The summed E-state index contributed by atoms with van der Waals surface area (Å²) >= 11 is 0. The molecule has 0 rings (SSSR count). The van der Waals surface area contributed by atoms with Gasteiger partial charge in [0, 0.05) is 13.0 Å². The zero-order valence-electron chi connectivity index (χ0n) is 5.85. The van der Waals surface area contributed by atoms with Gasteiger partial charge in [-0.15, -0.1) is 12.4 Å². The molecular weight excluding hydrogens is 178 g/mol. The fraction of sp³-hybridized carbons (Fsp3) is 0.800. The van der Waals surface area contributed by atoms with Crippen molar-refractivity contribution < 1.29 is 13.6 Å². The molecule has 0 aromatic heterocycles. The maximum atomic E-state index is 11.4. The third kappa shape index (κ3) is 9.58. The van der Waals surface area contributed by atoms with Gasteiger partial charge < -0.3 is 11.1 Å². The number of hydrogen-bond donors (Lipinski definition) is 2. The highest BCUT2D eigenvalue weighted by Gasteiger charge is 2.04. The minimum Gasteiger partial charge on any atom is -0.350 e. The first-order valence-electron chi connectivity index (χ1n) is 2.91. The Labute approximate surface area is 69.7 Å². The van der Waals surface area contributed by atoms with E-state index < -0.39 is 18.9 Å². The predicted molar refractivity (Wildman–Crippen MR) is 39.9 cm³/mol. The Balaban J connectivity index is 0. The van der Waals surface area contributed by atoms with Gasteiger partial charge in [0.05, 0.1) is 6.54 Å². The molecule has 0 fully saturated rings. The zero-order chi connectivity index (χ0) is 7.98. The zero-order valence-corrected chi connectivity index (χ0v) is 6.66. The Morgan fingerprint density at radius 1 is 1.55 bits per heavy atom. The second-order valence-corrected chi connectivity index (χ2v) is 1.73. The maximum absolute atomic E-state index is 11.4. The molecule has 1 amide bonds. The van der Waals surface area contributed by atoms with Crippen LogP contribution in [0.4, 0.5) is 8.78 Å². The topological polar surface area (TPSA) is 55.1 Å². The van der Waals surface area contributed by atoms with E-state index in [9.17, 15) is 13.6 Å². The minimum absolute atomic E-state index is 0. The lowest BCUT2D eigenvalue weighted by molar-refractivity contribution is -0.121. The third-order valence-corrected chi connectivity index (χ3v) is 0.825. The number of carbonyl (C=O) groups is 1. The molecule has 0 aromatic rings. The number of hydrogen-bond acceptors (Lipinski definition) is 2. The van der Waals surface area contributed by atoms with E-state index in [1.54, 1.807) is 0 Å². The minimum atomic E-state index is -2.48. The smallest absolute Gasteiger partial charge is 0.255 e.